The van der Waals surface area contributed by atoms with Crippen LogP contribution in [0.4, 0.5) is 0 Å². The van der Waals surface area contributed by atoms with E-state index < -0.39 is 0 Å². The van der Waals surface area contributed by atoms with Crippen LogP contribution in [0.25, 0.3) is 0 Å². The molecule has 3 nitrogen and oxygen atoms in total. The van der Waals surface area contributed by atoms with Crippen LogP contribution in [0, 0.1) is 0 Å². The minimum Gasteiger partial charge on any atom is -0.383 e. The molecular formula is C7H18N2O. The Morgan fingerprint density at radius 3 is 2.70 bits per heavy atom. The Hall–Kier alpha value is -0.120. The molecule has 0 aliphatic heterocycles. The fourth-order valence-electron chi connectivity index (χ4n) is 0.759. The van der Waals surface area contributed by atoms with Crippen LogP contribution in [-0.4, -0.2) is 32.8 Å². The van der Waals surface area contributed by atoms with Crippen molar-refractivity contribution in [2.24, 2.45) is 5.73 Å². The molecule has 3 heteroatoms. The zero-order valence-electron chi connectivity index (χ0n) is 6.89. The van der Waals surface area contributed by atoms with Gasteiger partial charge in [0.25, 0.3) is 0 Å². The fourth-order valence-corrected chi connectivity index (χ4v) is 0.759. The van der Waals surface area contributed by atoms with Gasteiger partial charge in [-0.25, -0.2) is 0 Å². The number of ether oxygens (including phenoxy) is 1. The molecule has 0 aromatic carbocycles. The topological polar surface area (TPSA) is 47.3 Å². The van der Waals surface area contributed by atoms with Crippen LogP contribution in [-0.2, 0) is 4.74 Å². The van der Waals surface area contributed by atoms with Crippen molar-refractivity contribution in [2.45, 2.75) is 19.4 Å². The molecule has 0 bridgehead atoms. The monoisotopic (exact) mass is 146 g/mol. The number of nitrogens with one attached hydrogen (secondary N) is 1. The van der Waals surface area contributed by atoms with Gasteiger partial charge in [-0.05, 0) is 6.42 Å². The van der Waals surface area contributed by atoms with Gasteiger partial charge in [0.1, 0.15) is 0 Å². The maximum absolute atomic E-state index is 5.46. The molecule has 0 spiro atoms. The van der Waals surface area contributed by atoms with Crippen LogP contribution < -0.4 is 11.1 Å². The lowest BCUT2D eigenvalue weighted by molar-refractivity contribution is 0.195. The Balaban J connectivity index is 3.09. The standard InChI is InChI=1S/C7H18N2O/c1-3-7(6-8)9-4-5-10-2/h7,9H,3-6,8H2,1-2H3. The largest absolute Gasteiger partial charge is 0.383 e. The summed E-state index contributed by atoms with van der Waals surface area (Å²) in [5, 5.41) is 3.27. The van der Waals surface area contributed by atoms with Gasteiger partial charge in [0.05, 0.1) is 6.61 Å². The molecule has 0 radical (unpaired) electrons. The van der Waals surface area contributed by atoms with Gasteiger partial charge in [-0.2, -0.15) is 0 Å². The van der Waals surface area contributed by atoms with E-state index >= 15 is 0 Å². The Labute approximate surface area is 62.9 Å². The second-order valence-corrected chi connectivity index (χ2v) is 2.29. The van der Waals surface area contributed by atoms with Crippen molar-refractivity contribution in [3.05, 3.63) is 0 Å². The molecule has 1 unspecified atom stereocenters. The van der Waals surface area contributed by atoms with Crippen molar-refractivity contribution in [3.8, 4) is 0 Å². The van der Waals surface area contributed by atoms with E-state index in [2.05, 4.69) is 12.2 Å². The van der Waals surface area contributed by atoms with Crippen LogP contribution in [0.1, 0.15) is 13.3 Å². The van der Waals surface area contributed by atoms with Gasteiger partial charge in [-0.3, -0.25) is 0 Å². The predicted octanol–water partition coefficient (Wildman–Crippen LogP) is -0.0403. The molecule has 0 amide bonds. The number of hydrogen-bond acceptors (Lipinski definition) is 3. The molecule has 0 aromatic heterocycles. The molecule has 62 valence electrons. The van der Waals surface area contributed by atoms with E-state index in [1.54, 1.807) is 7.11 Å². The quantitative estimate of drug-likeness (QED) is 0.517. The first kappa shape index (κ1) is 9.88. The average molecular weight is 146 g/mol. The fraction of sp³-hybridized carbons (Fsp3) is 1.00. The molecule has 10 heavy (non-hydrogen) atoms. The lowest BCUT2D eigenvalue weighted by Gasteiger charge is -2.13. The van der Waals surface area contributed by atoms with E-state index in [0.29, 0.717) is 12.6 Å². The van der Waals surface area contributed by atoms with Crippen molar-refractivity contribution in [3.63, 3.8) is 0 Å². The zero-order valence-corrected chi connectivity index (χ0v) is 6.89. The van der Waals surface area contributed by atoms with Crippen LogP contribution in [0.15, 0.2) is 0 Å². The number of methoxy groups -OCH3 is 1. The number of rotatable bonds is 6. The van der Waals surface area contributed by atoms with Crippen LogP contribution in [0.3, 0.4) is 0 Å². The molecule has 0 heterocycles. The summed E-state index contributed by atoms with van der Waals surface area (Å²) < 4.78 is 4.88. The summed E-state index contributed by atoms with van der Waals surface area (Å²) in [7, 11) is 1.70. The van der Waals surface area contributed by atoms with E-state index in [0.717, 1.165) is 19.6 Å². The summed E-state index contributed by atoms with van der Waals surface area (Å²) in [5.74, 6) is 0. The molecule has 0 fully saturated rings. The van der Waals surface area contributed by atoms with Gasteiger partial charge in [-0.1, -0.05) is 6.92 Å². The summed E-state index contributed by atoms with van der Waals surface area (Å²) in [5.41, 5.74) is 5.46. The zero-order chi connectivity index (χ0) is 7.82. The van der Waals surface area contributed by atoms with Crippen molar-refractivity contribution in [1.82, 2.24) is 5.32 Å². The molecule has 3 N–H and O–H groups in total. The highest BCUT2D eigenvalue weighted by atomic mass is 16.5. The molecule has 1 atom stereocenters. The highest BCUT2D eigenvalue weighted by molar-refractivity contribution is 4.63. The van der Waals surface area contributed by atoms with Gasteiger partial charge >= 0.3 is 0 Å². The molecule has 0 saturated carbocycles. The van der Waals surface area contributed by atoms with Crippen LogP contribution in [0.5, 0.6) is 0 Å². The minimum atomic E-state index is 0.454. The maximum Gasteiger partial charge on any atom is 0.0587 e. The summed E-state index contributed by atoms with van der Waals surface area (Å²) >= 11 is 0. The maximum atomic E-state index is 5.46. The molecule has 0 aliphatic carbocycles. The Morgan fingerprint density at radius 1 is 1.60 bits per heavy atom. The molecule has 0 aliphatic rings. The van der Waals surface area contributed by atoms with Crippen LogP contribution >= 0.6 is 0 Å². The lowest BCUT2D eigenvalue weighted by Crippen LogP contribution is -2.37. The first-order valence-electron chi connectivity index (χ1n) is 3.77. The van der Waals surface area contributed by atoms with Crippen molar-refractivity contribution >= 4 is 0 Å². The van der Waals surface area contributed by atoms with Gasteiger partial charge in [0, 0.05) is 26.2 Å². The third-order valence-corrected chi connectivity index (χ3v) is 1.52. The normalized spacial score (nSPS) is 13.5. The first-order chi connectivity index (χ1) is 4.85. The summed E-state index contributed by atoms with van der Waals surface area (Å²) in [6.07, 6.45) is 1.08. The summed E-state index contributed by atoms with van der Waals surface area (Å²) in [6.45, 7) is 4.49. The molecule has 0 rings (SSSR count). The molecule has 0 saturated heterocycles. The van der Waals surface area contributed by atoms with E-state index in [1.165, 1.54) is 0 Å². The van der Waals surface area contributed by atoms with Crippen LogP contribution in [0.2, 0.25) is 0 Å². The lowest BCUT2D eigenvalue weighted by atomic mass is 10.2. The minimum absolute atomic E-state index is 0.454. The van der Waals surface area contributed by atoms with Gasteiger partial charge < -0.3 is 15.8 Å². The van der Waals surface area contributed by atoms with Crippen molar-refractivity contribution < 1.29 is 4.74 Å². The molecule has 0 aromatic rings. The third-order valence-electron chi connectivity index (χ3n) is 1.52. The SMILES string of the molecule is CCC(CN)NCCOC. The second-order valence-electron chi connectivity index (χ2n) is 2.29. The third kappa shape index (κ3) is 4.73. The van der Waals surface area contributed by atoms with E-state index in [9.17, 15) is 0 Å². The van der Waals surface area contributed by atoms with E-state index in [4.69, 9.17) is 10.5 Å². The molecular weight excluding hydrogens is 128 g/mol. The van der Waals surface area contributed by atoms with Gasteiger partial charge in [0.15, 0.2) is 0 Å². The summed E-state index contributed by atoms with van der Waals surface area (Å²) in [6, 6.07) is 0.454. The smallest absolute Gasteiger partial charge is 0.0587 e. The van der Waals surface area contributed by atoms with E-state index in [1.807, 2.05) is 0 Å². The van der Waals surface area contributed by atoms with Gasteiger partial charge in [-0.15, -0.1) is 0 Å². The average Bonchev–Trinajstić information content (AvgIpc) is 1.99. The summed E-state index contributed by atoms with van der Waals surface area (Å²) in [4.78, 5) is 0. The first-order valence-corrected chi connectivity index (χ1v) is 3.77. The van der Waals surface area contributed by atoms with E-state index in [-0.39, 0.29) is 0 Å². The highest BCUT2D eigenvalue weighted by Gasteiger charge is 1.99. The Kier molecular flexibility index (Phi) is 6.91. The van der Waals surface area contributed by atoms with Crippen molar-refractivity contribution in [2.75, 3.05) is 26.8 Å². The Morgan fingerprint density at radius 2 is 2.30 bits per heavy atom. The predicted molar refractivity (Wildman–Crippen MR) is 43.0 cm³/mol. The number of nitrogens with two attached hydrogens (primary N) is 1. The highest BCUT2D eigenvalue weighted by Crippen LogP contribution is 1.85. The second kappa shape index (κ2) is 6.99. The van der Waals surface area contributed by atoms with Crippen molar-refractivity contribution in [1.29, 1.82) is 0 Å². The Bertz CT molecular complexity index is 64.6. The van der Waals surface area contributed by atoms with Gasteiger partial charge in [0.2, 0.25) is 0 Å². The number of hydrogen-bond donors (Lipinski definition) is 2.